The fraction of sp³-hybridized carbons (Fsp3) is 0.556. The van der Waals surface area contributed by atoms with Gasteiger partial charge in [-0.2, -0.15) is 0 Å². The summed E-state index contributed by atoms with van der Waals surface area (Å²) in [4.78, 5) is 24.6. The van der Waals surface area contributed by atoms with Crippen LogP contribution in [-0.2, 0) is 14.3 Å². The summed E-state index contributed by atoms with van der Waals surface area (Å²) in [6, 6.07) is 6.03. The third kappa shape index (κ3) is 4.96. The number of hydrogen-bond acceptors (Lipinski definition) is 5. The number of benzene rings is 1. The minimum absolute atomic E-state index is 0.0287. The topological polar surface area (TPSA) is 73.9 Å². The lowest BCUT2D eigenvalue weighted by atomic mass is 10.0. The maximum Gasteiger partial charge on any atom is 0.329 e. The van der Waals surface area contributed by atoms with Gasteiger partial charge in [-0.25, -0.2) is 4.79 Å². The van der Waals surface area contributed by atoms with Gasteiger partial charge in [0.05, 0.1) is 13.2 Å². The van der Waals surface area contributed by atoms with Crippen molar-refractivity contribution in [1.82, 2.24) is 5.32 Å². The van der Waals surface area contributed by atoms with Gasteiger partial charge in [0.25, 0.3) is 5.91 Å². The minimum atomic E-state index is -0.694. The molecule has 24 heavy (non-hydrogen) atoms. The summed E-state index contributed by atoms with van der Waals surface area (Å²) < 4.78 is 15.8. The molecule has 1 aromatic carbocycles. The highest BCUT2D eigenvalue weighted by molar-refractivity contribution is 5.96. The Balaban J connectivity index is 1.93. The molecule has 1 aromatic rings. The molecule has 1 aliphatic heterocycles. The van der Waals surface area contributed by atoms with Crippen LogP contribution in [0.1, 0.15) is 37.0 Å². The maximum absolute atomic E-state index is 12.3. The number of amides is 1. The average molecular weight is 335 g/mol. The van der Waals surface area contributed by atoms with Crippen LogP contribution in [0.2, 0.25) is 0 Å². The molecule has 0 unspecified atom stereocenters. The van der Waals surface area contributed by atoms with Gasteiger partial charge in [-0.05, 0) is 43.0 Å². The van der Waals surface area contributed by atoms with Crippen LogP contribution in [0.4, 0.5) is 0 Å². The lowest BCUT2D eigenvalue weighted by Gasteiger charge is -2.22. The summed E-state index contributed by atoms with van der Waals surface area (Å²) >= 11 is 0. The molecule has 132 valence electrons. The van der Waals surface area contributed by atoms with E-state index < -0.39 is 12.0 Å². The van der Waals surface area contributed by atoms with Crippen LogP contribution in [-0.4, -0.2) is 44.3 Å². The second kappa shape index (κ2) is 8.68. The first-order chi connectivity index (χ1) is 11.5. The van der Waals surface area contributed by atoms with Crippen molar-refractivity contribution in [3.63, 3.8) is 0 Å². The Labute approximate surface area is 142 Å². The van der Waals surface area contributed by atoms with Crippen LogP contribution in [0.15, 0.2) is 24.3 Å². The van der Waals surface area contributed by atoms with E-state index in [-0.39, 0.29) is 24.5 Å². The van der Waals surface area contributed by atoms with Gasteiger partial charge in [0.15, 0.2) is 0 Å². The van der Waals surface area contributed by atoms with Crippen molar-refractivity contribution >= 4 is 11.9 Å². The van der Waals surface area contributed by atoms with E-state index in [4.69, 9.17) is 14.2 Å². The molecule has 1 heterocycles. The highest BCUT2D eigenvalue weighted by Crippen LogP contribution is 2.14. The van der Waals surface area contributed by atoms with E-state index in [0.717, 1.165) is 12.8 Å². The van der Waals surface area contributed by atoms with Gasteiger partial charge in [-0.1, -0.05) is 13.8 Å². The van der Waals surface area contributed by atoms with Crippen molar-refractivity contribution in [2.75, 3.05) is 20.3 Å². The smallest absolute Gasteiger partial charge is 0.329 e. The quantitative estimate of drug-likeness (QED) is 0.773. The number of carbonyl (C=O) groups is 2. The third-order valence-electron chi connectivity index (χ3n) is 3.99. The van der Waals surface area contributed by atoms with Crippen molar-refractivity contribution in [2.24, 2.45) is 5.92 Å². The molecule has 1 saturated heterocycles. The van der Waals surface area contributed by atoms with E-state index in [0.29, 0.717) is 17.9 Å². The predicted octanol–water partition coefficient (Wildman–Crippen LogP) is 2.17. The standard InChI is InChI=1S/C18H25NO5/c1-12(2)16(18(21)24-11-15-5-4-10-23-15)19-17(20)13-6-8-14(22-3)9-7-13/h6-9,12,15-16H,4-5,10-11H2,1-3H3,(H,19,20)/t15-,16+/m0/s1. The molecular formula is C18H25NO5. The molecule has 2 atom stereocenters. The number of rotatable bonds is 7. The molecule has 6 nitrogen and oxygen atoms in total. The van der Waals surface area contributed by atoms with Gasteiger partial charge in [0.1, 0.15) is 18.4 Å². The molecule has 2 rings (SSSR count). The van der Waals surface area contributed by atoms with Crippen LogP contribution in [0.25, 0.3) is 0 Å². The lowest BCUT2D eigenvalue weighted by Crippen LogP contribution is -2.45. The van der Waals surface area contributed by atoms with Crippen molar-refractivity contribution in [3.8, 4) is 5.75 Å². The Morgan fingerprint density at radius 3 is 2.54 bits per heavy atom. The molecule has 0 saturated carbocycles. The van der Waals surface area contributed by atoms with Crippen LogP contribution in [0.3, 0.4) is 0 Å². The number of hydrogen-bond donors (Lipinski definition) is 1. The Kier molecular flexibility index (Phi) is 6.61. The van der Waals surface area contributed by atoms with E-state index in [1.807, 2.05) is 13.8 Å². The summed E-state index contributed by atoms with van der Waals surface area (Å²) in [7, 11) is 1.56. The molecule has 1 N–H and O–H groups in total. The molecule has 1 aliphatic rings. The monoisotopic (exact) mass is 335 g/mol. The SMILES string of the molecule is COc1ccc(C(=O)N[C@@H](C(=O)OC[C@@H]2CCCO2)C(C)C)cc1. The average Bonchev–Trinajstić information content (AvgIpc) is 3.10. The summed E-state index contributed by atoms with van der Waals surface area (Å²) in [6.07, 6.45) is 1.86. The zero-order chi connectivity index (χ0) is 17.5. The number of nitrogens with one attached hydrogen (secondary N) is 1. The molecule has 0 aliphatic carbocycles. The molecule has 0 spiro atoms. The molecule has 1 amide bonds. The molecular weight excluding hydrogens is 310 g/mol. The summed E-state index contributed by atoms with van der Waals surface area (Å²) in [5.74, 6) is -0.153. The van der Waals surface area contributed by atoms with Crippen LogP contribution in [0, 0.1) is 5.92 Å². The van der Waals surface area contributed by atoms with E-state index >= 15 is 0 Å². The van der Waals surface area contributed by atoms with Crippen molar-refractivity contribution in [2.45, 2.75) is 38.8 Å². The fourth-order valence-electron chi connectivity index (χ4n) is 2.51. The summed E-state index contributed by atoms with van der Waals surface area (Å²) in [5.41, 5.74) is 0.466. The van der Waals surface area contributed by atoms with Gasteiger partial charge in [-0.3, -0.25) is 4.79 Å². The van der Waals surface area contributed by atoms with Gasteiger partial charge in [-0.15, -0.1) is 0 Å². The van der Waals surface area contributed by atoms with Gasteiger partial charge in [0, 0.05) is 12.2 Å². The lowest BCUT2D eigenvalue weighted by molar-refractivity contribution is -0.150. The summed E-state index contributed by atoms with van der Waals surface area (Å²) in [5, 5.41) is 2.75. The van der Waals surface area contributed by atoms with Gasteiger partial charge >= 0.3 is 5.97 Å². The van der Waals surface area contributed by atoms with Gasteiger partial charge in [0.2, 0.25) is 0 Å². The second-order valence-electron chi connectivity index (χ2n) is 6.19. The second-order valence-corrected chi connectivity index (χ2v) is 6.19. The molecule has 0 bridgehead atoms. The van der Waals surface area contributed by atoms with Gasteiger partial charge < -0.3 is 19.5 Å². The van der Waals surface area contributed by atoms with E-state index in [9.17, 15) is 9.59 Å². The highest BCUT2D eigenvalue weighted by atomic mass is 16.6. The van der Waals surface area contributed by atoms with Crippen LogP contribution in [0.5, 0.6) is 5.75 Å². The Bertz CT molecular complexity index is 549. The third-order valence-corrected chi connectivity index (χ3v) is 3.99. The van der Waals surface area contributed by atoms with E-state index in [1.54, 1.807) is 31.4 Å². The number of carbonyl (C=O) groups excluding carboxylic acids is 2. The minimum Gasteiger partial charge on any atom is -0.497 e. The zero-order valence-electron chi connectivity index (χ0n) is 14.4. The fourth-order valence-corrected chi connectivity index (χ4v) is 2.51. The van der Waals surface area contributed by atoms with Crippen molar-refractivity contribution < 1.29 is 23.8 Å². The number of methoxy groups -OCH3 is 1. The summed E-state index contributed by atoms with van der Waals surface area (Å²) in [6.45, 7) is 4.68. The Morgan fingerprint density at radius 1 is 1.29 bits per heavy atom. The molecule has 6 heteroatoms. The van der Waals surface area contributed by atoms with E-state index in [2.05, 4.69) is 5.32 Å². The first kappa shape index (κ1) is 18.3. The number of ether oxygens (including phenoxy) is 3. The molecule has 0 radical (unpaired) electrons. The first-order valence-corrected chi connectivity index (χ1v) is 8.24. The van der Waals surface area contributed by atoms with Crippen LogP contribution < -0.4 is 10.1 Å². The molecule has 1 fully saturated rings. The Morgan fingerprint density at radius 2 is 2.00 bits per heavy atom. The highest BCUT2D eigenvalue weighted by Gasteiger charge is 2.27. The predicted molar refractivity (Wildman–Crippen MR) is 89.0 cm³/mol. The van der Waals surface area contributed by atoms with E-state index in [1.165, 1.54) is 0 Å². The van der Waals surface area contributed by atoms with Crippen molar-refractivity contribution in [1.29, 1.82) is 0 Å². The largest absolute Gasteiger partial charge is 0.497 e. The Hall–Kier alpha value is -2.08. The first-order valence-electron chi connectivity index (χ1n) is 8.24. The molecule has 0 aromatic heterocycles. The zero-order valence-corrected chi connectivity index (χ0v) is 14.4. The maximum atomic E-state index is 12.3. The normalized spacial score (nSPS) is 18.2. The number of esters is 1. The van der Waals surface area contributed by atoms with Crippen LogP contribution >= 0.6 is 0 Å². The van der Waals surface area contributed by atoms with Crippen molar-refractivity contribution in [3.05, 3.63) is 29.8 Å².